The van der Waals surface area contributed by atoms with Crippen LogP contribution >= 0.6 is 0 Å². The van der Waals surface area contributed by atoms with E-state index in [4.69, 9.17) is 19.9 Å². The van der Waals surface area contributed by atoms with E-state index in [2.05, 4.69) is 0 Å². The van der Waals surface area contributed by atoms with E-state index in [1.54, 1.807) is 0 Å². The molecule has 0 spiro atoms. The molecule has 1 saturated carbocycles. The van der Waals surface area contributed by atoms with Crippen molar-refractivity contribution < 1.29 is 39.7 Å². The number of anilines is 1. The number of nitrogens with zero attached hydrogens (tertiary/aromatic N) is 1. The summed E-state index contributed by atoms with van der Waals surface area (Å²) in [6.45, 7) is 3.45. The first-order valence-electron chi connectivity index (χ1n) is 10.3. The Labute approximate surface area is 179 Å². The van der Waals surface area contributed by atoms with Crippen molar-refractivity contribution in [3.63, 3.8) is 0 Å². The summed E-state index contributed by atoms with van der Waals surface area (Å²) in [6.07, 6.45) is 2.63. The van der Waals surface area contributed by atoms with Gasteiger partial charge in [-0.25, -0.2) is 9.59 Å². The summed E-state index contributed by atoms with van der Waals surface area (Å²) in [5, 5.41) is 39.8. The molecule has 3 aliphatic rings. The lowest BCUT2D eigenvalue weighted by atomic mass is 9.46. The molecule has 0 radical (unpaired) electrons. The van der Waals surface area contributed by atoms with Crippen LogP contribution in [0.4, 0.5) is 5.69 Å². The van der Waals surface area contributed by atoms with Crippen LogP contribution in [0.3, 0.4) is 0 Å². The monoisotopic (exact) mass is 433 g/mol. The maximum absolute atomic E-state index is 12.9. The SMILES string of the molecule is CC1(CO)CCCC2(C)C1C(OC(=O)c1ccc(N(O)O)cc1)C=C1C(=O)OCC12O. The summed E-state index contributed by atoms with van der Waals surface area (Å²) in [5.74, 6) is -1.74. The van der Waals surface area contributed by atoms with E-state index >= 15 is 0 Å². The number of aliphatic hydroxyl groups excluding tert-OH is 1. The van der Waals surface area contributed by atoms with Crippen molar-refractivity contribution in [3.05, 3.63) is 41.5 Å². The maximum atomic E-state index is 12.9. The maximum Gasteiger partial charge on any atom is 0.338 e. The number of rotatable bonds is 4. The zero-order valence-electron chi connectivity index (χ0n) is 17.4. The molecule has 4 rings (SSSR count). The molecular weight excluding hydrogens is 406 g/mol. The van der Waals surface area contributed by atoms with Gasteiger partial charge in [0.2, 0.25) is 0 Å². The van der Waals surface area contributed by atoms with Crippen LogP contribution in [0, 0.1) is 16.7 Å². The van der Waals surface area contributed by atoms with Crippen molar-refractivity contribution in [1.29, 1.82) is 0 Å². The number of esters is 2. The lowest BCUT2D eigenvalue weighted by Gasteiger charge is -2.60. The fourth-order valence-corrected chi connectivity index (χ4v) is 5.80. The van der Waals surface area contributed by atoms with Crippen molar-refractivity contribution in [2.24, 2.45) is 16.7 Å². The quantitative estimate of drug-likeness (QED) is 0.414. The average Bonchev–Trinajstić information content (AvgIpc) is 3.04. The second-order valence-electron chi connectivity index (χ2n) is 9.28. The standard InChI is InChI=1S/C22H27NO8/c1-20(11-24)8-3-9-21(2)17(20)16(10-15-19(26)30-12-22(15,21)27)31-18(25)13-4-6-14(7-5-13)23(28)29/h4-7,10,16-17,24,27-29H,3,8-9,11-12H2,1-2H3. The Morgan fingerprint density at radius 2 is 1.90 bits per heavy atom. The lowest BCUT2D eigenvalue weighted by Crippen LogP contribution is -2.65. The third-order valence-corrected chi connectivity index (χ3v) is 7.50. The third-order valence-electron chi connectivity index (χ3n) is 7.50. The summed E-state index contributed by atoms with van der Waals surface area (Å²) >= 11 is 0. The summed E-state index contributed by atoms with van der Waals surface area (Å²) < 4.78 is 11.0. The number of carbonyl (C=O) groups excluding carboxylic acids is 2. The molecule has 1 aromatic carbocycles. The first-order chi connectivity index (χ1) is 14.6. The van der Waals surface area contributed by atoms with Gasteiger partial charge in [-0.1, -0.05) is 20.3 Å². The molecule has 168 valence electrons. The Morgan fingerprint density at radius 3 is 2.52 bits per heavy atom. The highest BCUT2D eigenvalue weighted by Crippen LogP contribution is 2.63. The normalized spacial score (nSPS) is 36.7. The van der Waals surface area contributed by atoms with Gasteiger partial charge in [0.1, 0.15) is 18.3 Å². The fourth-order valence-electron chi connectivity index (χ4n) is 5.80. The Kier molecular flexibility index (Phi) is 5.13. The predicted octanol–water partition coefficient (Wildman–Crippen LogP) is 1.83. The smallest absolute Gasteiger partial charge is 0.338 e. The highest BCUT2D eigenvalue weighted by Gasteiger charge is 2.68. The van der Waals surface area contributed by atoms with Crippen molar-refractivity contribution in [3.8, 4) is 0 Å². The molecule has 1 aliphatic heterocycles. The molecule has 0 bridgehead atoms. The zero-order valence-corrected chi connectivity index (χ0v) is 17.4. The Hall–Kier alpha value is -2.46. The lowest BCUT2D eigenvalue weighted by molar-refractivity contribution is -0.185. The van der Waals surface area contributed by atoms with E-state index < -0.39 is 40.4 Å². The van der Waals surface area contributed by atoms with Gasteiger partial charge < -0.3 is 19.7 Å². The molecule has 4 N–H and O–H groups in total. The van der Waals surface area contributed by atoms with E-state index in [0.717, 1.165) is 6.42 Å². The number of benzene rings is 1. The molecule has 2 fully saturated rings. The van der Waals surface area contributed by atoms with Crippen molar-refractivity contribution in [2.75, 3.05) is 18.4 Å². The van der Waals surface area contributed by atoms with Crippen molar-refractivity contribution >= 4 is 17.6 Å². The molecule has 5 atom stereocenters. The number of hydrogen-bond acceptors (Lipinski definition) is 9. The van der Waals surface area contributed by atoms with Gasteiger partial charge in [0.25, 0.3) is 0 Å². The Morgan fingerprint density at radius 1 is 1.23 bits per heavy atom. The Balaban J connectivity index is 1.73. The highest BCUT2D eigenvalue weighted by atomic mass is 16.8. The third kappa shape index (κ3) is 3.15. The molecule has 0 aromatic heterocycles. The molecule has 9 nitrogen and oxygen atoms in total. The molecule has 1 heterocycles. The number of ether oxygens (including phenoxy) is 2. The Bertz CT molecular complexity index is 928. The molecule has 31 heavy (non-hydrogen) atoms. The molecule has 1 aromatic rings. The van der Waals surface area contributed by atoms with Crippen molar-refractivity contribution in [2.45, 2.75) is 44.8 Å². The largest absolute Gasteiger partial charge is 0.459 e. The number of aliphatic hydroxyl groups is 2. The van der Waals surface area contributed by atoms with Gasteiger partial charge in [0, 0.05) is 17.9 Å². The van der Waals surface area contributed by atoms with Crippen molar-refractivity contribution in [1.82, 2.24) is 0 Å². The van der Waals surface area contributed by atoms with Crippen LogP contribution in [-0.4, -0.2) is 57.5 Å². The predicted molar refractivity (Wildman–Crippen MR) is 106 cm³/mol. The second kappa shape index (κ2) is 7.30. The first kappa shape index (κ1) is 21.8. The molecular formula is C22H27NO8. The topological polar surface area (TPSA) is 137 Å². The molecule has 1 saturated heterocycles. The van der Waals surface area contributed by atoms with E-state index in [0.29, 0.717) is 12.8 Å². The number of hydrogen-bond donors (Lipinski definition) is 4. The molecule has 9 heteroatoms. The van der Waals surface area contributed by atoms with Gasteiger partial charge >= 0.3 is 11.9 Å². The summed E-state index contributed by atoms with van der Waals surface area (Å²) in [7, 11) is 0. The number of fused-ring (bicyclic) bond motifs is 3. The summed E-state index contributed by atoms with van der Waals surface area (Å²) in [6, 6.07) is 5.45. The van der Waals surface area contributed by atoms with E-state index in [1.165, 1.54) is 30.3 Å². The van der Waals surface area contributed by atoms with Gasteiger partial charge in [-0.3, -0.25) is 10.4 Å². The minimum atomic E-state index is -1.51. The van der Waals surface area contributed by atoms with Crippen LogP contribution in [0.15, 0.2) is 35.9 Å². The minimum absolute atomic E-state index is 0.0621. The van der Waals surface area contributed by atoms with Gasteiger partial charge in [0.05, 0.1) is 16.8 Å². The van der Waals surface area contributed by atoms with Gasteiger partial charge in [-0.2, -0.15) is 0 Å². The van der Waals surface area contributed by atoms with E-state index in [-0.39, 0.29) is 35.3 Å². The van der Waals surface area contributed by atoms with E-state index in [9.17, 15) is 19.8 Å². The van der Waals surface area contributed by atoms with Gasteiger partial charge in [0.15, 0.2) is 0 Å². The van der Waals surface area contributed by atoms with Crippen LogP contribution in [0.1, 0.15) is 43.5 Å². The zero-order chi connectivity index (χ0) is 22.6. The number of cyclic esters (lactones) is 1. The fraction of sp³-hybridized carbons (Fsp3) is 0.545. The van der Waals surface area contributed by atoms with Gasteiger partial charge in [-0.15, -0.1) is 5.23 Å². The highest BCUT2D eigenvalue weighted by molar-refractivity contribution is 5.94. The summed E-state index contributed by atoms with van der Waals surface area (Å²) in [4.78, 5) is 25.3. The van der Waals surface area contributed by atoms with Crippen LogP contribution in [0.5, 0.6) is 0 Å². The molecule has 5 unspecified atom stereocenters. The summed E-state index contributed by atoms with van der Waals surface area (Å²) in [5.41, 5.74) is -2.65. The van der Waals surface area contributed by atoms with Crippen LogP contribution in [0.25, 0.3) is 0 Å². The van der Waals surface area contributed by atoms with Crippen LogP contribution in [-0.2, 0) is 14.3 Å². The first-order valence-corrected chi connectivity index (χ1v) is 10.3. The van der Waals surface area contributed by atoms with Gasteiger partial charge in [-0.05, 0) is 48.6 Å². The molecule has 2 aliphatic carbocycles. The number of carbonyl (C=O) groups is 2. The molecule has 0 amide bonds. The van der Waals surface area contributed by atoms with E-state index in [1.807, 2.05) is 13.8 Å². The van der Waals surface area contributed by atoms with Crippen LogP contribution in [0.2, 0.25) is 0 Å². The minimum Gasteiger partial charge on any atom is -0.459 e. The average molecular weight is 433 g/mol. The van der Waals surface area contributed by atoms with Crippen LogP contribution < -0.4 is 5.23 Å². The second-order valence-corrected chi connectivity index (χ2v) is 9.28.